The molecule has 1 N–H and O–H groups in total. The van der Waals surface area contributed by atoms with Gasteiger partial charge in [0, 0.05) is 13.5 Å². The lowest BCUT2D eigenvalue weighted by Gasteiger charge is -2.36. The van der Waals surface area contributed by atoms with E-state index in [9.17, 15) is 9.59 Å². The van der Waals surface area contributed by atoms with E-state index in [0.29, 0.717) is 6.42 Å². The van der Waals surface area contributed by atoms with Crippen LogP contribution in [0.3, 0.4) is 0 Å². The molecule has 1 radical (unpaired) electrons. The van der Waals surface area contributed by atoms with Crippen LogP contribution in [0.25, 0.3) is 0 Å². The summed E-state index contributed by atoms with van der Waals surface area (Å²) < 4.78 is -0.0280. The summed E-state index contributed by atoms with van der Waals surface area (Å²) >= 11 is 0. The molecule has 1 amide bonds. The zero-order valence-corrected chi connectivity index (χ0v) is 16.2. The third-order valence-corrected chi connectivity index (χ3v) is 4.61. The van der Waals surface area contributed by atoms with Gasteiger partial charge in [0.1, 0.15) is 6.54 Å². The number of unbranched alkanes of at least 4 members (excludes halogenated alkanes) is 8. The summed E-state index contributed by atoms with van der Waals surface area (Å²) in [6, 6.07) is 0. The van der Waals surface area contributed by atoms with Crippen molar-refractivity contribution in [3.8, 4) is 0 Å². The van der Waals surface area contributed by atoms with Crippen molar-refractivity contribution in [1.29, 1.82) is 0 Å². The molecule has 0 heterocycles. The van der Waals surface area contributed by atoms with E-state index in [1.165, 1.54) is 44.9 Å². The van der Waals surface area contributed by atoms with Crippen LogP contribution in [0.2, 0.25) is 0 Å². The Labute approximate surface area is 148 Å². The quantitative estimate of drug-likeness (QED) is 0.272. The van der Waals surface area contributed by atoms with E-state index in [4.69, 9.17) is 5.11 Å². The van der Waals surface area contributed by atoms with Gasteiger partial charge in [0.2, 0.25) is 0 Å². The van der Waals surface area contributed by atoms with Gasteiger partial charge in [-0.3, -0.25) is 4.79 Å². The fourth-order valence-corrected chi connectivity index (χ4v) is 2.94. The maximum Gasteiger partial charge on any atom is 0.333 e. The summed E-state index contributed by atoms with van der Waals surface area (Å²) in [6.07, 6.45) is 12.2. The number of quaternary nitrogens is 1. The number of carbonyl (C=O) groups is 2. The molecule has 0 saturated carbocycles. The van der Waals surface area contributed by atoms with E-state index in [1.807, 2.05) is 13.5 Å². The summed E-state index contributed by atoms with van der Waals surface area (Å²) in [5.74, 6) is -0.842. The normalized spacial score (nSPS) is 13.9. The van der Waals surface area contributed by atoms with Crippen molar-refractivity contribution >= 4 is 11.9 Å². The van der Waals surface area contributed by atoms with Gasteiger partial charge in [-0.1, -0.05) is 65.2 Å². The molecular formula is C19H38N2O3+. The predicted molar refractivity (Wildman–Crippen MR) is 97.9 cm³/mol. The lowest BCUT2D eigenvalue weighted by atomic mass is 10.1. The fourth-order valence-electron chi connectivity index (χ4n) is 2.94. The Morgan fingerprint density at radius 2 is 1.46 bits per heavy atom. The topological polar surface area (TPSA) is 57.6 Å². The predicted octanol–water partition coefficient (Wildman–Crippen LogP) is 4.38. The zero-order chi connectivity index (χ0) is 18.4. The van der Waals surface area contributed by atoms with Crippen molar-refractivity contribution in [2.45, 2.75) is 84.5 Å². The van der Waals surface area contributed by atoms with Crippen LogP contribution in [-0.2, 0) is 9.59 Å². The first-order chi connectivity index (χ1) is 11.4. The maximum absolute atomic E-state index is 12.6. The molecular weight excluding hydrogens is 304 g/mol. The molecule has 5 heteroatoms. The number of aliphatic carboxylic acids is 1. The first-order valence-electron chi connectivity index (χ1n) is 9.55. The van der Waals surface area contributed by atoms with Crippen LogP contribution in [0.1, 0.15) is 84.5 Å². The number of carboxylic acid groups (broad SMARTS) is 1. The molecule has 1 unspecified atom stereocenters. The summed E-state index contributed by atoms with van der Waals surface area (Å²) in [4.78, 5) is 23.5. The highest BCUT2D eigenvalue weighted by atomic mass is 16.4. The number of likely N-dealkylation sites (N-methyl/N-ethyl adjacent to an activating group) is 1. The van der Waals surface area contributed by atoms with Crippen LogP contribution < -0.4 is 0 Å². The summed E-state index contributed by atoms with van der Waals surface area (Å²) in [7, 11) is 3.47. The Kier molecular flexibility index (Phi) is 12.8. The van der Waals surface area contributed by atoms with E-state index >= 15 is 0 Å². The number of carboxylic acids is 1. The molecule has 0 aromatic rings. The van der Waals surface area contributed by atoms with Crippen molar-refractivity contribution < 1.29 is 19.3 Å². The highest BCUT2D eigenvalue weighted by molar-refractivity contribution is 5.71. The highest BCUT2D eigenvalue weighted by Crippen LogP contribution is 2.18. The van der Waals surface area contributed by atoms with E-state index in [0.717, 1.165) is 19.3 Å². The monoisotopic (exact) mass is 342 g/mol. The van der Waals surface area contributed by atoms with Gasteiger partial charge in [0.15, 0.2) is 6.54 Å². The number of carbonyl (C=O) groups excluding carboxylic acids is 1. The Balaban J connectivity index is 4.09. The molecule has 0 aromatic carbocycles. The molecule has 0 aromatic heterocycles. The van der Waals surface area contributed by atoms with Crippen molar-refractivity contribution in [1.82, 2.24) is 5.01 Å². The van der Waals surface area contributed by atoms with Gasteiger partial charge >= 0.3 is 11.9 Å². The van der Waals surface area contributed by atoms with E-state index in [2.05, 4.69) is 6.92 Å². The van der Waals surface area contributed by atoms with Crippen LogP contribution >= 0.6 is 0 Å². The minimum atomic E-state index is -0.915. The minimum absolute atomic E-state index is 0.0280. The highest BCUT2D eigenvalue weighted by Gasteiger charge is 2.37. The maximum atomic E-state index is 12.6. The number of hydrogen-bond acceptors (Lipinski definition) is 3. The smallest absolute Gasteiger partial charge is 0.333 e. The molecule has 0 bridgehead atoms. The first-order valence-corrected chi connectivity index (χ1v) is 9.55. The van der Waals surface area contributed by atoms with Gasteiger partial charge in [-0.05, 0) is 6.42 Å². The first kappa shape index (κ1) is 23.1. The Bertz CT molecular complexity index is 361. The molecule has 0 aliphatic heterocycles. The SMILES string of the molecule is CC[CH][N+](C)(C(=O)CCCCCCCCCCC)N(C)CC(=O)O. The van der Waals surface area contributed by atoms with Crippen LogP contribution in [0.15, 0.2) is 0 Å². The molecule has 0 spiro atoms. The molecule has 24 heavy (non-hydrogen) atoms. The van der Waals surface area contributed by atoms with Crippen molar-refractivity contribution in [2.24, 2.45) is 0 Å². The van der Waals surface area contributed by atoms with Gasteiger partial charge in [-0.25, -0.2) is 4.79 Å². The molecule has 0 rings (SSSR count). The van der Waals surface area contributed by atoms with Gasteiger partial charge in [-0.15, -0.1) is 5.01 Å². The molecule has 141 valence electrons. The van der Waals surface area contributed by atoms with E-state index in [1.54, 1.807) is 19.1 Å². The van der Waals surface area contributed by atoms with Crippen LogP contribution in [-0.4, -0.2) is 47.2 Å². The van der Waals surface area contributed by atoms with Crippen LogP contribution in [0.5, 0.6) is 0 Å². The third kappa shape index (κ3) is 9.38. The Morgan fingerprint density at radius 3 is 1.92 bits per heavy atom. The standard InChI is InChI=1S/C19H38N2O3/c1-5-7-8-9-10-11-12-13-14-15-18(22)21(4,16-6-2)20(3)17-19(23)24/h16H,5-15,17H2,1-4H3,(H,23,24)/q+1. The van der Waals surface area contributed by atoms with Gasteiger partial charge < -0.3 is 5.11 Å². The second-order valence-corrected chi connectivity index (χ2v) is 6.80. The lowest BCUT2D eigenvalue weighted by Crippen LogP contribution is -2.58. The van der Waals surface area contributed by atoms with Gasteiger partial charge in [0.05, 0.1) is 13.5 Å². The van der Waals surface area contributed by atoms with Gasteiger partial charge in [-0.2, -0.15) is 4.59 Å². The number of amides is 1. The summed E-state index contributed by atoms with van der Waals surface area (Å²) in [5.41, 5.74) is 0. The second-order valence-electron chi connectivity index (χ2n) is 6.80. The van der Waals surface area contributed by atoms with E-state index < -0.39 is 5.97 Å². The second kappa shape index (κ2) is 13.4. The average Bonchev–Trinajstić information content (AvgIpc) is 2.52. The fraction of sp³-hybridized carbons (Fsp3) is 0.842. The molecule has 5 nitrogen and oxygen atoms in total. The van der Waals surface area contributed by atoms with Crippen molar-refractivity contribution in [2.75, 3.05) is 20.6 Å². The summed E-state index contributed by atoms with van der Waals surface area (Å²) in [6.45, 7) is 5.93. The number of hydrogen-bond donors (Lipinski definition) is 1. The Morgan fingerprint density at radius 1 is 0.958 bits per heavy atom. The average molecular weight is 343 g/mol. The van der Waals surface area contributed by atoms with Gasteiger partial charge in [0.25, 0.3) is 0 Å². The molecule has 0 fully saturated rings. The van der Waals surface area contributed by atoms with Crippen LogP contribution in [0.4, 0.5) is 0 Å². The van der Waals surface area contributed by atoms with Crippen LogP contribution in [0, 0.1) is 6.54 Å². The molecule has 0 aliphatic rings. The molecule has 0 aliphatic carbocycles. The molecule has 0 saturated heterocycles. The lowest BCUT2D eigenvalue weighted by molar-refractivity contribution is -0.922. The summed E-state index contributed by atoms with van der Waals surface area (Å²) in [5, 5.41) is 10.6. The van der Waals surface area contributed by atoms with Crippen molar-refractivity contribution in [3.05, 3.63) is 6.54 Å². The van der Waals surface area contributed by atoms with Crippen molar-refractivity contribution in [3.63, 3.8) is 0 Å². The largest absolute Gasteiger partial charge is 0.480 e. The van der Waals surface area contributed by atoms with E-state index in [-0.39, 0.29) is 17.0 Å². The number of nitrogens with zero attached hydrogens (tertiary/aromatic N) is 2. The third-order valence-electron chi connectivity index (χ3n) is 4.61. The Hall–Kier alpha value is -0.940. The minimum Gasteiger partial charge on any atom is -0.480 e. The number of rotatable bonds is 15. The molecule has 1 atom stereocenters. The zero-order valence-electron chi connectivity index (χ0n) is 16.2.